The van der Waals surface area contributed by atoms with E-state index in [0.717, 1.165) is 25.8 Å². The van der Waals surface area contributed by atoms with Gasteiger partial charge in [0.15, 0.2) is 0 Å². The van der Waals surface area contributed by atoms with Crippen molar-refractivity contribution in [2.45, 2.75) is 33.1 Å². The molecule has 1 saturated heterocycles. The minimum atomic E-state index is -0.180. The molecule has 4 heteroatoms. The second kappa shape index (κ2) is 5.51. The van der Waals surface area contributed by atoms with Crippen LogP contribution in [0.5, 0.6) is 0 Å². The second-order valence-corrected chi connectivity index (χ2v) is 6.14. The lowest BCUT2D eigenvalue weighted by atomic mass is 9.98. The number of fused-ring (bicyclic) bond motifs is 1. The molecule has 0 bridgehead atoms. The average molecular weight is 286 g/mol. The molecule has 1 aromatic rings. The Balaban J connectivity index is 1.74. The molecule has 3 rings (SSSR count). The number of hydrogen-bond acceptors (Lipinski definition) is 3. The minimum absolute atomic E-state index is 0.0229. The van der Waals surface area contributed by atoms with E-state index >= 15 is 0 Å². The maximum absolute atomic E-state index is 12.1. The number of aryl methyl sites for hydroxylation is 1. The van der Waals surface area contributed by atoms with Crippen LogP contribution in [0.2, 0.25) is 0 Å². The van der Waals surface area contributed by atoms with Gasteiger partial charge in [0.1, 0.15) is 0 Å². The summed E-state index contributed by atoms with van der Waals surface area (Å²) >= 11 is 0. The number of para-hydroxylation sites is 1. The van der Waals surface area contributed by atoms with Gasteiger partial charge in [-0.1, -0.05) is 32.0 Å². The van der Waals surface area contributed by atoms with E-state index < -0.39 is 0 Å². The predicted molar refractivity (Wildman–Crippen MR) is 82.0 cm³/mol. The average Bonchev–Trinajstić information content (AvgIpc) is 2.69. The number of imide groups is 1. The first-order chi connectivity index (χ1) is 10.1. The van der Waals surface area contributed by atoms with Gasteiger partial charge in [-0.3, -0.25) is 14.5 Å². The van der Waals surface area contributed by atoms with Crippen LogP contribution in [0, 0.1) is 11.8 Å². The van der Waals surface area contributed by atoms with Crippen LogP contribution in [-0.2, 0) is 22.4 Å². The van der Waals surface area contributed by atoms with Crippen molar-refractivity contribution in [3.63, 3.8) is 0 Å². The van der Waals surface area contributed by atoms with E-state index in [9.17, 15) is 9.59 Å². The first-order valence-electron chi connectivity index (χ1n) is 7.79. The van der Waals surface area contributed by atoms with Gasteiger partial charge in [0.25, 0.3) is 0 Å². The third kappa shape index (κ3) is 2.43. The maximum atomic E-state index is 12.1. The van der Waals surface area contributed by atoms with Crippen LogP contribution in [0.25, 0.3) is 0 Å². The molecule has 4 nitrogen and oxygen atoms in total. The molecule has 2 aliphatic heterocycles. The topological polar surface area (TPSA) is 49.4 Å². The Morgan fingerprint density at radius 2 is 1.90 bits per heavy atom. The number of anilines is 1. The smallest absolute Gasteiger partial charge is 0.232 e. The molecule has 0 aliphatic carbocycles. The number of benzene rings is 1. The molecule has 21 heavy (non-hydrogen) atoms. The van der Waals surface area contributed by atoms with E-state index in [1.165, 1.54) is 21.7 Å². The van der Waals surface area contributed by atoms with Crippen molar-refractivity contribution in [1.82, 2.24) is 4.90 Å². The Labute approximate surface area is 125 Å². The van der Waals surface area contributed by atoms with Gasteiger partial charge in [-0.25, -0.2) is 0 Å². The Kier molecular flexibility index (Phi) is 3.70. The molecule has 2 unspecified atom stereocenters. The largest absolute Gasteiger partial charge is 0.385 e. The van der Waals surface area contributed by atoms with Gasteiger partial charge in [0.05, 0.1) is 0 Å². The van der Waals surface area contributed by atoms with Gasteiger partial charge in [0, 0.05) is 30.6 Å². The second-order valence-electron chi connectivity index (χ2n) is 6.14. The quantitative estimate of drug-likeness (QED) is 0.867. The molecule has 2 heterocycles. The lowest BCUT2D eigenvalue weighted by Gasteiger charge is -2.22. The third-order valence-electron chi connectivity index (χ3n) is 4.83. The van der Waals surface area contributed by atoms with Crippen LogP contribution in [-0.4, -0.2) is 29.8 Å². The molecule has 0 saturated carbocycles. The molecule has 112 valence electrons. The molecule has 0 radical (unpaired) electrons. The Hall–Kier alpha value is -1.84. The first-order valence-corrected chi connectivity index (χ1v) is 7.79. The zero-order chi connectivity index (χ0) is 15.0. The summed E-state index contributed by atoms with van der Waals surface area (Å²) in [6, 6.07) is 6.32. The zero-order valence-electron chi connectivity index (χ0n) is 12.7. The molecule has 2 atom stereocenters. The molecule has 2 amide bonds. The van der Waals surface area contributed by atoms with Crippen molar-refractivity contribution in [2.24, 2.45) is 11.8 Å². The number of nitrogens with zero attached hydrogens (tertiary/aromatic N) is 1. The summed E-state index contributed by atoms with van der Waals surface area (Å²) < 4.78 is 0. The molecular formula is C17H22N2O2. The van der Waals surface area contributed by atoms with Crippen molar-refractivity contribution in [3.05, 3.63) is 29.3 Å². The van der Waals surface area contributed by atoms with E-state index in [0.29, 0.717) is 6.54 Å². The Morgan fingerprint density at radius 3 is 2.62 bits per heavy atom. The van der Waals surface area contributed by atoms with Gasteiger partial charge < -0.3 is 5.32 Å². The minimum Gasteiger partial charge on any atom is -0.385 e. The first kappa shape index (κ1) is 14.1. The third-order valence-corrected chi connectivity index (χ3v) is 4.83. The van der Waals surface area contributed by atoms with E-state index in [4.69, 9.17) is 0 Å². The zero-order valence-corrected chi connectivity index (χ0v) is 12.7. The van der Waals surface area contributed by atoms with E-state index in [1.54, 1.807) is 0 Å². The monoisotopic (exact) mass is 286 g/mol. The van der Waals surface area contributed by atoms with Crippen molar-refractivity contribution < 1.29 is 9.59 Å². The highest BCUT2D eigenvalue weighted by Gasteiger charge is 2.41. The standard InChI is InChI=1S/C17H22N2O2/c1-11-12(2)17(21)19(16(11)20)10-8-14-6-3-5-13-7-4-9-18-15(13)14/h3,5-6,11-12,18H,4,7-10H2,1-2H3. The number of likely N-dealkylation sites (tertiary alicyclic amines) is 1. The highest BCUT2D eigenvalue weighted by atomic mass is 16.2. The van der Waals surface area contributed by atoms with Gasteiger partial charge in [0.2, 0.25) is 11.8 Å². The SMILES string of the molecule is CC1C(=O)N(CCc2cccc3c2NCCC3)C(=O)C1C. The fourth-order valence-electron chi connectivity index (χ4n) is 3.27. The number of carbonyl (C=O) groups is 2. The molecule has 2 aliphatic rings. The van der Waals surface area contributed by atoms with Gasteiger partial charge >= 0.3 is 0 Å². The van der Waals surface area contributed by atoms with E-state index in [1.807, 2.05) is 13.8 Å². The Morgan fingerprint density at radius 1 is 1.19 bits per heavy atom. The number of amides is 2. The summed E-state index contributed by atoms with van der Waals surface area (Å²) in [4.78, 5) is 25.7. The summed E-state index contributed by atoms with van der Waals surface area (Å²) in [7, 11) is 0. The van der Waals surface area contributed by atoms with Crippen LogP contribution in [0.4, 0.5) is 5.69 Å². The molecular weight excluding hydrogens is 264 g/mol. The molecule has 0 spiro atoms. The lowest BCUT2D eigenvalue weighted by molar-refractivity contribution is -0.139. The summed E-state index contributed by atoms with van der Waals surface area (Å²) in [6.45, 7) is 5.18. The maximum Gasteiger partial charge on any atom is 0.232 e. The Bertz CT molecular complexity index is 562. The van der Waals surface area contributed by atoms with E-state index in [-0.39, 0.29) is 23.7 Å². The summed E-state index contributed by atoms with van der Waals surface area (Å²) in [5.74, 6) is -0.406. The highest BCUT2D eigenvalue weighted by molar-refractivity contribution is 6.04. The number of nitrogens with one attached hydrogen (secondary N) is 1. The van der Waals surface area contributed by atoms with Crippen LogP contribution in [0.15, 0.2) is 18.2 Å². The molecule has 1 aromatic carbocycles. The number of carbonyl (C=O) groups excluding carboxylic acids is 2. The van der Waals surface area contributed by atoms with Gasteiger partial charge in [-0.05, 0) is 30.4 Å². The van der Waals surface area contributed by atoms with Crippen LogP contribution < -0.4 is 5.32 Å². The van der Waals surface area contributed by atoms with Crippen molar-refractivity contribution in [1.29, 1.82) is 0 Å². The summed E-state index contributed by atoms with van der Waals surface area (Å²) in [5.41, 5.74) is 3.77. The van der Waals surface area contributed by atoms with Gasteiger partial charge in [-0.2, -0.15) is 0 Å². The van der Waals surface area contributed by atoms with Gasteiger partial charge in [-0.15, -0.1) is 0 Å². The van der Waals surface area contributed by atoms with Crippen molar-refractivity contribution >= 4 is 17.5 Å². The number of hydrogen-bond donors (Lipinski definition) is 1. The van der Waals surface area contributed by atoms with Crippen molar-refractivity contribution in [2.75, 3.05) is 18.4 Å². The van der Waals surface area contributed by atoms with Crippen LogP contribution in [0.3, 0.4) is 0 Å². The normalized spacial score (nSPS) is 25.0. The fourth-order valence-corrected chi connectivity index (χ4v) is 3.27. The van der Waals surface area contributed by atoms with E-state index in [2.05, 4.69) is 23.5 Å². The summed E-state index contributed by atoms with van der Waals surface area (Å²) in [6.07, 6.45) is 2.99. The van der Waals surface area contributed by atoms with Crippen molar-refractivity contribution in [3.8, 4) is 0 Å². The molecule has 1 fully saturated rings. The number of rotatable bonds is 3. The summed E-state index contributed by atoms with van der Waals surface area (Å²) in [5, 5.41) is 3.46. The highest BCUT2D eigenvalue weighted by Crippen LogP contribution is 2.29. The predicted octanol–water partition coefficient (Wildman–Crippen LogP) is 2.23. The fraction of sp³-hybridized carbons (Fsp3) is 0.529. The molecule has 1 N–H and O–H groups in total. The van der Waals surface area contributed by atoms with Crippen LogP contribution >= 0.6 is 0 Å². The van der Waals surface area contributed by atoms with Crippen LogP contribution in [0.1, 0.15) is 31.4 Å². The lowest BCUT2D eigenvalue weighted by Crippen LogP contribution is -2.33. The molecule has 0 aromatic heterocycles.